The molecule has 2 aromatic carbocycles. The zero-order valence-electron chi connectivity index (χ0n) is 23.3. The molecular formula is C30H31ClN4O6S. The van der Waals surface area contributed by atoms with E-state index >= 15 is 0 Å². The molecule has 1 saturated heterocycles. The van der Waals surface area contributed by atoms with Crippen LogP contribution in [0.5, 0.6) is 0 Å². The first kappa shape index (κ1) is 30.9. The lowest BCUT2D eigenvalue weighted by Crippen LogP contribution is -2.44. The second kappa shape index (κ2) is 14.2. The Morgan fingerprint density at radius 3 is 2.48 bits per heavy atom. The van der Waals surface area contributed by atoms with Crippen LogP contribution in [0.1, 0.15) is 52.0 Å². The van der Waals surface area contributed by atoms with Gasteiger partial charge in [0.25, 0.3) is 11.8 Å². The molecule has 1 aliphatic rings. The number of carbonyl (C=O) groups excluding carboxylic acids is 5. The lowest BCUT2D eigenvalue weighted by atomic mass is 9.95. The minimum Gasteiger partial charge on any atom is -0.466 e. The molecule has 0 radical (unpaired) electrons. The number of ketones is 1. The number of esters is 1. The number of halogens is 1. The minimum absolute atomic E-state index is 0.182. The third-order valence-corrected chi connectivity index (χ3v) is 8.05. The third kappa shape index (κ3) is 7.80. The number of Topliss-reactive ketones (excluding diaryl/α,β-unsaturated/α-hetero) is 1. The normalized spacial score (nSPS) is 13.4. The van der Waals surface area contributed by atoms with E-state index in [1.54, 1.807) is 24.0 Å². The molecule has 0 bridgehead atoms. The van der Waals surface area contributed by atoms with Crippen LogP contribution in [0.25, 0.3) is 10.4 Å². The van der Waals surface area contributed by atoms with Crippen molar-refractivity contribution in [3.05, 3.63) is 69.8 Å². The Balaban J connectivity index is 1.35. The molecule has 3 amide bonds. The van der Waals surface area contributed by atoms with E-state index in [-0.39, 0.29) is 47.9 Å². The number of ether oxygens (including phenoxy) is 1. The number of rotatable bonds is 10. The lowest BCUT2D eigenvalue weighted by molar-refractivity contribution is -0.145. The van der Waals surface area contributed by atoms with Crippen molar-refractivity contribution in [3.8, 4) is 10.4 Å². The van der Waals surface area contributed by atoms with Crippen LogP contribution < -0.4 is 10.6 Å². The number of thiazole rings is 1. The van der Waals surface area contributed by atoms with Crippen LogP contribution in [0.15, 0.2) is 48.5 Å². The van der Waals surface area contributed by atoms with Crippen molar-refractivity contribution in [2.45, 2.75) is 33.1 Å². The standard InChI is InChI=1S/C30H31ClN4O6S/c1-3-41-25(37)16-22(36)17-32-28(38)20-11-13-35(14-12-20)30(40)23-15-21(9-10-24(23)31)34-29(39)26-27(42-18(2)33-26)19-7-5-4-6-8-19/h4-10,15,20H,3,11-14,16-17H2,1-2H3,(H,32,38)(H,34,39). The van der Waals surface area contributed by atoms with E-state index in [4.69, 9.17) is 16.3 Å². The van der Waals surface area contributed by atoms with Crippen molar-refractivity contribution in [2.24, 2.45) is 5.92 Å². The molecule has 0 aliphatic carbocycles. The lowest BCUT2D eigenvalue weighted by Gasteiger charge is -2.31. The summed E-state index contributed by atoms with van der Waals surface area (Å²) in [7, 11) is 0. The third-order valence-electron chi connectivity index (χ3n) is 6.70. The summed E-state index contributed by atoms with van der Waals surface area (Å²) in [5.74, 6) is -2.43. The highest BCUT2D eigenvalue weighted by Gasteiger charge is 2.29. The quantitative estimate of drug-likeness (QED) is 0.255. The van der Waals surface area contributed by atoms with Crippen LogP contribution in [0, 0.1) is 12.8 Å². The van der Waals surface area contributed by atoms with Gasteiger partial charge in [-0.15, -0.1) is 11.3 Å². The summed E-state index contributed by atoms with van der Waals surface area (Å²) in [6.07, 6.45) is 0.422. The number of nitrogens with zero attached hydrogens (tertiary/aromatic N) is 2. The SMILES string of the molecule is CCOC(=O)CC(=O)CNC(=O)C1CCN(C(=O)c2cc(NC(=O)c3nc(C)sc3-c3ccccc3)ccc2Cl)CC1. The molecule has 1 fully saturated rings. The molecule has 10 nitrogen and oxygen atoms in total. The molecule has 2 N–H and O–H groups in total. The average Bonchev–Trinajstić information content (AvgIpc) is 3.39. The monoisotopic (exact) mass is 610 g/mol. The Kier molecular flexibility index (Phi) is 10.4. The van der Waals surface area contributed by atoms with E-state index in [9.17, 15) is 24.0 Å². The molecule has 0 unspecified atom stereocenters. The number of aryl methyl sites for hydroxylation is 1. The van der Waals surface area contributed by atoms with Crippen LogP contribution in [0.4, 0.5) is 5.69 Å². The Morgan fingerprint density at radius 1 is 1.07 bits per heavy atom. The second-order valence-corrected chi connectivity index (χ2v) is 11.3. The van der Waals surface area contributed by atoms with Crippen molar-refractivity contribution >= 4 is 58.1 Å². The van der Waals surface area contributed by atoms with E-state index in [1.807, 2.05) is 37.3 Å². The maximum Gasteiger partial charge on any atom is 0.313 e. The largest absolute Gasteiger partial charge is 0.466 e. The van der Waals surface area contributed by atoms with Gasteiger partial charge in [0.2, 0.25) is 5.91 Å². The number of amides is 3. The summed E-state index contributed by atoms with van der Waals surface area (Å²) in [5.41, 5.74) is 1.83. The van der Waals surface area contributed by atoms with E-state index in [0.29, 0.717) is 37.3 Å². The maximum absolute atomic E-state index is 13.3. The predicted octanol–water partition coefficient (Wildman–Crippen LogP) is 4.51. The summed E-state index contributed by atoms with van der Waals surface area (Å²) < 4.78 is 4.74. The molecule has 12 heteroatoms. The van der Waals surface area contributed by atoms with Gasteiger partial charge < -0.3 is 20.3 Å². The number of hydrogen-bond acceptors (Lipinski definition) is 8. The molecule has 1 aromatic heterocycles. The van der Waals surface area contributed by atoms with Crippen molar-refractivity contribution < 1.29 is 28.7 Å². The van der Waals surface area contributed by atoms with Gasteiger partial charge in [-0.2, -0.15) is 0 Å². The van der Waals surface area contributed by atoms with Gasteiger partial charge in [-0.25, -0.2) is 4.98 Å². The summed E-state index contributed by atoms with van der Waals surface area (Å²) >= 11 is 7.81. The molecule has 3 aromatic rings. The molecule has 0 saturated carbocycles. The fourth-order valence-electron chi connectivity index (χ4n) is 4.60. The zero-order chi connectivity index (χ0) is 30.2. The van der Waals surface area contributed by atoms with Crippen molar-refractivity contribution in [1.82, 2.24) is 15.2 Å². The predicted molar refractivity (Wildman–Crippen MR) is 160 cm³/mol. The van der Waals surface area contributed by atoms with E-state index < -0.39 is 17.7 Å². The number of anilines is 1. The number of nitrogens with one attached hydrogen (secondary N) is 2. The zero-order valence-corrected chi connectivity index (χ0v) is 24.8. The van der Waals surface area contributed by atoms with Crippen molar-refractivity contribution in [2.75, 3.05) is 31.6 Å². The molecule has 1 aliphatic heterocycles. The number of carbonyl (C=O) groups is 5. The van der Waals surface area contributed by atoms with Crippen molar-refractivity contribution in [1.29, 1.82) is 0 Å². The highest BCUT2D eigenvalue weighted by molar-refractivity contribution is 7.15. The molecule has 0 atom stereocenters. The summed E-state index contributed by atoms with van der Waals surface area (Å²) in [6.45, 7) is 4.06. The smallest absolute Gasteiger partial charge is 0.313 e. The minimum atomic E-state index is -0.624. The first-order chi connectivity index (χ1) is 20.2. The summed E-state index contributed by atoms with van der Waals surface area (Å²) in [6, 6.07) is 14.3. The summed E-state index contributed by atoms with van der Waals surface area (Å²) in [5, 5.41) is 6.41. The highest BCUT2D eigenvalue weighted by atomic mass is 35.5. The first-order valence-corrected chi connectivity index (χ1v) is 14.7. The number of piperidine rings is 1. The fraction of sp³-hybridized carbons (Fsp3) is 0.333. The molecule has 2 heterocycles. The molecule has 4 rings (SSSR count). The van der Waals surface area contributed by atoms with Gasteiger partial charge in [0, 0.05) is 24.7 Å². The number of likely N-dealkylation sites (tertiary alicyclic amines) is 1. The van der Waals surface area contributed by atoms with Gasteiger partial charge in [-0.1, -0.05) is 41.9 Å². The van der Waals surface area contributed by atoms with Crippen LogP contribution in [0.2, 0.25) is 5.02 Å². The molecule has 220 valence electrons. The molecular weight excluding hydrogens is 580 g/mol. The van der Waals surface area contributed by atoms with Gasteiger partial charge in [0.05, 0.1) is 33.6 Å². The fourth-order valence-corrected chi connectivity index (χ4v) is 5.72. The maximum atomic E-state index is 13.3. The second-order valence-electron chi connectivity index (χ2n) is 9.73. The topological polar surface area (TPSA) is 135 Å². The van der Waals surface area contributed by atoms with Gasteiger partial charge >= 0.3 is 5.97 Å². The van der Waals surface area contributed by atoms with Crippen LogP contribution in [0.3, 0.4) is 0 Å². The summed E-state index contributed by atoms with van der Waals surface area (Å²) in [4.78, 5) is 69.2. The number of hydrogen-bond donors (Lipinski definition) is 2. The molecule has 42 heavy (non-hydrogen) atoms. The van der Waals surface area contributed by atoms with Gasteiger partial charge in [-0.05, 0) is 50.5 Å². The number of aromatic nitrogens is 1. The number of benzene rings is 2. The van der Waals surface area contributed by atoms with Gasteiger partial charge in [-0.3, -0.25) is 24.0 Å². The Labute approximate surface area is 252 Å². The van der Waals surface area contributed by atoms with Gasteiger partial charge in [0.15, 0.2) is 5.78 Å². The molecule has 0 spiro atoms. The van der Waals surface area contributed by atoms with E-state index in [2.05, 4.69) is 15.6 Å². The Morgan fingerprint density at radius 2 is 1.79 bits per heavy atom. The van der Waals surface area contributed by atoms with Gasteiger partial charge in [0.1, 0.15) is 12.1 Å². The highest BCUT2D eigenvalue weighted by Crippen LogP contribution is 2.31. The van der Waals surface area contributed by atoms with Crippen LogP contribution >= 0.6 is 22.9 Å². The first-order valence-electron chi connectivity index (χ1n) is 13.5. The Bertz CT molecular complexity index is 1480. The van der Waals surface area contributed by atoms with Crippen LogP contribution in [-0.4, -0.2) is 65.6 Å². The van der Waals surface area contributed by atoms with Crippen molar-refractivity contribution in [3.63, 3.8) is 0 Å². The van der Waals surface area contributed by atoms with E-state index in [0.717, 1.165) is 15.4 Å². The average molecular weight is 611 g/mol. The van der Waals surface area contributed by atoms with E-state index in [1.165, 1.54) is 17.4 Å². The van der Waals surface area contributed by atoms with Crippen LogP contribution in [-0.2, 0) is 19.1 Å². The Hall–Kier alpha value is -4.09.